The van der Waals surface area contributed by atoms with Gasteiger partial charge in [-0.25, -0.2) is 0 Å². The third-order valence-corrected chi connectivity index (χ3v) is 4.03. The standard InChI is InChI=1S/C16H28O4/c1-10-7-8-11(9-12(17)18-15(2,3)4)14-13(10)19-16(5,6)20-14/h10-11,13-14H,7-9H2,1-6H3/t10-,11+,13-,14+/m1/s1. The summed E-state index contributed by atoms with van der Waals surface area (Å²) in [5.41, 5.74) is -0.426. The largest absolute Gasteiger partial charge is 0.460 e. The topological polar surface area (TPSA) is 44.8 Å². The molecule has 0 unspecified atom stereocenters. The molecule has 4 nitrogen and oxygen atoms in total. The highest BCUT2D eigenvalue weighted by Crippen LogP contribution is 2.43. The zero-order chi connectivity index (χ0) is 15.1. The first-order chi connectivity index (χ1) is 9.07. The van der Waals surface area contributed by atoms with E-state index in [0.29, 0.717) is 12.3 Å². The Bertz CT molecular complexity index is 369. The summed E-state index contributed by atoms with van der Waals surface area (Å²) in [7, 11) is 0. The van der Waals surface area contributed by atoms with Crippen molar-refractivity contribution in [1.82, 2.24) is 0 Å². The normalized spacial score (nSPS) is 36.5. The maximum atomic E-state index is 12.0. The van der Waals surface area contributed by atoms with Crippen LogP contribution in [0.4, 0.5) is 0 Å². The second kappa shape index (κ2) is 5.30. The first kappa shape index (κ1) is 15.8. The molecular formula is C16H28O4. The van der Waals surface area contributed by atoms with Gasteiger partial charge in [-0.05, 0) is 59.3 Å². The van der Waals surface area contributed by atoms with E-state index in [2.05, 4.69) is 6.92 Å². The minimum atomic E-state index is -0.542. The first-order valence-corrected chi connectivity index (χ1v) is 7.65. The highest BCUT2D eigenvalue weighted by Gasteiger charge is 2.50. The van der Waals surface area contributed by atoms with Crippen LogP contribution in [0.2, 0.25) is 0 Å². The van der Waals surface area contributed by atoms with Crippen molar-refractivity contribution < 1.29 is 19.0 Å². The van der Waals surface area contributed by atoms with Crippen LogP contribution >= 0.6 is 0 Å². The van der Waals surface area contributed by atoms with E-state index in [0.717, 1.165) is 12.8 Å². The Morgan fingerprint density at radius 2 is 1.80 bits per heavy atom. The van der Waals surface area contributed by atoms with Crippen LogP contribution in [-0.4, -0.2) is 29.6 Å². The lowest BCUT2D eigenvalue weighted by Crippen LogP contribution is -2.41. The zero-order valence-electron chi connectivity index (χ0n) is 13.6. The van der Waals surface area contributed by atoms with Crippen molar-refractivity contribution in [2.24, 2.45) is 11.8 Å². The van der Waals surface area contributed by atoms with E-state index in [9.17, 15) is 4.79 Å². The Kier molecular flexibility index (Phi) is 4.18. The molecule has 0 spiro atoms. The third kappa shape index (κ3) is 3.73. The maximum absolute atomic E-state index is 12.0. The summed E-state index contributed by atoms with van der Waals surface area (Å²) in [6.07, 6.45) is 2.62. The summed E-state index contributed by atoms with van der Waals surface area (Å²) in [6, 6.07) is 0. The highest BCUT2D eigenvalue weighted by molar-refractivity contribution is 5.70. The van der Waals surface area contributed by atoms with Gasteiger partial charge in [0.15, 0.2) is 5.79 Å². The van der Waals surface area contributed by atoms with Gasteiger partial charge in [-0.1, -0.05) is 6.92 Å². The quantitative estimate of drug-likeness (QED) is 0.730. The molecule has 1 heterocycles. The molecule has 4 heteroatoms. The number of hydrogen-bond donors (Lipinski definition) is 0. The van der Waals surface area contributed by atoms with E-state index in [4.69, 9.17) is 14.2 Å². The molecule has 20 heavy (non-hydrogen) atoms. The fraction of sp³-hybridized carbons (Fsp3) is 0.938. The van der Waals surface area contributed by atoms with Crippen LogP contribution in [-0.2, 0) is 19.0 Å². The van der Waals surface area contributed by atoms with Gasteiger partial charge in [0.1, 0.15) is 5.60 Å². The van der Waals surface area contributed by atoms with Gasteiger partial charge in [0.2, 0.25) is 0 Å². The molecule has 2 aliphatic rings. The van der Waals surface area contributed by atoms with E-state index in [1.54, 1.807) is 0 Å². The van der Waals surface area contributed by atoms with Crippen LogP contribution in [0.15, 0.2) is 0 Å². The smallest absolute Gasteiger partial charge is 0.306 e. The second-order valence-electron chi connectivity index (χ2n) is 7.67. The van der Waals surface area contributed by atoms with Crippen molar-refractivity contribution in [1.29, 1.82) is 0 Å². The molecule has 0 aromatic heterocycles. The van der Waals surface area contributed by atoms with Gasteiger partial charge in [-0.3, -0.25) is 4.79 Å². The average molecular weight is 284 g/mol. The summed E-state index contributed by atoms with van der Waals surface area (Å²) in [4.78, 5) is 12.0. The van der Waals surface area contributed by atoms with Crippen LogP contribution < -0.4 is 0 Å². The van der Waals surface area contributed by atoms with E-state index in [1.165, 1.54) is 0 Å². The van der Waals surface area contributed by atoms with E-state index < -0.39 is 11.4 Å². The van der Waals surface area contributed by atoms with Crippen LogP contribution in [0.1, 0.15) is 60.8 Å². The Morgan fingerprint density at radius 1 is 1.20 bits per heavy atom. The number of hydrogen-bond acceptors (Lipinski definition) is 4. The van der Waals surface area contributed by atoms with Crippen LogP contribution in [0.3, 0.4) is 0 Å². The lowest BCUT2D eigenvalue weighted by Gasteiger charge is -2.35. The second-order valence-corrected chi connectivity index (χ2v) is 7.67. The Labute approximate surface area is 122 Å². The highest BCUT2D eigenvalue weighted by atomic mass is 16.8. The predicted molar refractivity (Wildman–Crippen MR) is 76.2 cm³/mol. The van der Waals surface area contributed by atoms with Crippen LogP contribution in [0.5, 0.6) is 0 Å². The lowest BCUT2D eigenvalue weighted by molar-refractivity contribution is -0.161. The number of esters is 1. The van der Waals surface area contributed by atoms with E-state index in [-0.39, 0.29) is 24.1 Å². The number of fused-ring (bicyclic) bond motifs is 1. The summed E-state index contributed by atoms with van der Waals surface area (Å²) >= 11 is 0. The summed E-state index contributed by atoms with van der Waals surface area (Å²) in [6.45, 7) is 11.8. The fourth-order valence-electron chi connectivity index (χ4n) is 3.24. The summed E-state index contributed by atoms with van der Waals surface area (Å²) in [5, 5.41) is 0. The van der Waals surface area contributed by atoms with Gasteiger partial charge in [-0.15, -0.1) is 0 Å². The van der Waals surface area contributed by atoms with Crippen molar-refractivity contribution in [2.45, 2.75) is 84.4 Å². The number of ether oxygens (including phenoxy) is 3. The number of carbonyl (C=O) groups is 1. The summed E-state index contributed by atoms with van der Waals surface area (Å²) < 4.78 is 17.5. The Balaban J connectivity index is 2.00. The summed E-state index contributed by atoms with van der Waals surface area (Å²) in [5.74, 6) is 0.00807. The van der Waals surface area contributed by atoms with Crippen LogP contribution in [0, 0.1) is 11.8 Å². The molecule has 0 N–H and O–H groups in total. The molecule has 1 saturated heterocycles. The molecule has 2 fully saturated rings. The molecular weight excluding hydrogens is 256 g/mol. The molecule has 2 rings (SSSR count). The molecule has 1 aliphatic carbocycles. The van der Waals surface area contributed by atoms with Crippen molar-refractivity contribution in [3.05, 3.63) is 0 Å². The molecule has 0 bridgehead atoms. The number of carbonyl (C=O) groups excluding carboxylic acids is 1. The third-order valence-electron chi connectivity index (χ3n) is 4.03. The average Bonchev–Trinajstić information content (AvgIpc) is 2.56. The molecule has 0 aromatic rings. The molecule has 0 radical (unpaired) electrons. The fourth-order valence-corrected chi connectivity index (χ4v) is 3.24. The van der Waals surface area contributed by atoms with Gasteiger partial charge in [0.25, 0.3) is 0 Å². The van der Waals surface area contributed by atoms with Crippen LogP contribution in [0.25, 0.3) is 0 Å². The molecule has 0 aromatic carbocycles. The van der Waals surface area contributed by atoms with Gasteiger partial charge < -0.3 is 14.2 Å². The van der Waals surface area contributed by atoms with Gasteiger partial charge >= 0.3 is 5.97 Å². The maximum Gasteiger partial charge on any atom is 0.306 e. The lowest BCUT2D eigenvalue weighted by atomic mass is 9.77. The Hall–Kier alpha value is -0.610. The SMILES string of the molecule is C[C@@H]1CC[C@@H](CC(=O)OC(C)(C)C)[C@@H]2OC(C)(C)O[C@@H]21. The molecule has 1 saturated carbocycles. The van der Waals surface area contributed by atoms with Gasteiger partial charge in [-0.2, -0.15) is 0 Å². The zero-order valence-corrected chi connectivity index (χ0v) is 13.6. The monoisotopic (exact) mass is 284 g/mol. The predicted octanol–water partition coefficient (Wildman–Crippen LogP) is 3.28. The minimum absolute atomic E-state index is 0.0151. The molecule has 0 amide bonds. The number of rotatable bonds is 2. The van der Waals surface area contributed by atoms with E-state index in [1.807, 2.05) is 34.6 Å². The molecule has 1 aliphatic heterocycles. The Morgan fingerprint density at radius 3 is 2.40 bits per heavy atom. The van der Waals surface area contributed by atoms with Crippen molar-refractivity contribution in [2.75, 3.05) is 0 Å². The molecule has 4 atom stereocenters. The van der Waals surface area contributed by atoms with Gasteiger partial charge in [0.05, 0.1) is 18.6 Å². The van der Waals surface area contributed by atoms with E-state index >= 15 is 0 Å². The minimum Gasteiger partial charge on any atom is -0.460 e. The van der Waals surface area contributed by atoms with Crippen molar-refractivity contribution in [3.63, 3.8) is 0 Å². The van der Waals surface area contributed by atoms with Gasteiger partial charge in [0, 0.05) is 0 Å². The molecule has 116 valence electrons. The van der Waals surface area contributed by atoms with Crippen molar-refractivity contribution in [3.8, 4) is 0 Å². The van der Waals surface area contributed by atoms with Crippen molar-refractivity contribution >= 4 is 5.97 Å². The first-order valence-electron chi connectivity index (χ1n) is 7.65.